The van der Waals surface area contributed by atoms with E-state index in [0.29, 0.717) is 6.61 Å². The molecule has 0 saturated carbocycles. The third-order valence-corrected chi connectivity index (χ3v) is 2.20. The Kier molecular flexibility index (Phi) is 5.52. The Morgan fingerprint density at radius 1 is 1.24 bits per heavy atom. The SMILES string of the molecule is CCOc1cc([N+](=O)[O-])ccc1OCC(=O)OC(C)(C)C. The van der Waals surface area contributed by atoms with E-state index in [2.05, 4.69) is 0 Å². The molecule has 7 nitrogen and oxygen atoms in total. The molecule has 0 atom stereocenters. The molecule has 0 spiro atoms. The Morgan fingerprint density at radius 3 is 2.43 bits per heavy atom. The number of ether oxygens (including phenoxy) is 3. The van der Waals surface area contributed by atoms with Crippen LogP contribution in [0.1, 0.15) is 27.7 Å². The molecule has 7 heteroatoms. The van der Waals surface area contributed by atoms with Gasteiger partial charge in [-0.05, 0) is 33.8 Å². The first kappa shape index (κ1) is 16.7. The molecule has 1 aromatic rings. The van der Waals surface area contributed by atoms with Crippen LogP contribution in [0, 0.1) is 10.1 Å². The van der Waals surface area contributed by atoms with Crippen molar-refractivity contribution in [3.8, 4) is 11.5 Å². The lowest BCUT2D eigenvalue weighted by molar-refractivity contribution is -0.385. The van der Waals surface area contributed by atoms with Crippen molar-refractivity contribution in [1.82, 2.24) is 0 Å². The highest BCUT2D eigenvalue weighted by atomic mass is 16.6. The van der Waals surface area contributed by atoms with Crippen molar-refractivity contribution in [2.75, 3.05) is 13.2 Å². The van der Waals surface area contributed by atoms with E-state index in [-0.39, 0.29) is 23.8 Å². The number of nitro benzene ring substituents is 1. The third kappa shape index (κ3) is 5.68. The van der Waals surface area contributed by atoms with Crippen LogP contribution < -0.4 is 9.47 Å². The number of nitro groups is 1. The van der Waals surface area contributed by atoms with E-state index in [9.17, 15) is 14.9 Å². The van der Waals surface area contributed by atoms with E-state index in [1.165, 1.54) is 18.2 Å². The molecule has 0 bridgehead atoms. The molecule has 0 radical (unpaired) electrons. The standard InChI is InChI=1S/C14H19NO6/c1-5-19-12-8-10(15(17)18)6-7-11(12)20-9-13(16)21-14(2,3)4/h6-8H,5,9H2,1-4H3. The number of non-ortho nitro benzene ring substituents is 1. The average Bonchev–Trinajstić information content (AvgIpc) is 2.35. The van der Waals surface area contributed by atoms with Crippen molar-refractivity contribution >= 4 is 11.7 Å². The topological polar surface area (TPSA) is 87.9 Å². The van der Waals surface area contributed by atoms with Gasteiger partial charge >= 0.3 is 5.97 Å². The lowest BCUT2D eigenvalue weighted by Gasteiger charge is -2.19. The maximum absolute atomic E-state index is 11.6. The summed E-state index contributed by atoms with van der Waals surface area (Å²) in [6.45, 7) is 7.03. The first-order valence-corrected chi connectivity index (χ1v) is 6.49. The van der Waals surface area contributed by atoms with Crippen molar-refractivity contribution < 1.29 is 23.9 Å². The van der Waals surface area contributed by atoms with Gasteiger partial charge in [-0.15, -0.1) is 0 Å². The number of carbonyl (C=O) groups excluding carboxylic acids is 1. The molecule has 0 amide bonds. The molecule has 1 rings (SSSR count). The van der Waals surface area contributed by atoms with Gasteiger partial charge in [-0.25, -0.2) is 4.79 Å². The summed E-state index contributed by atoms with van der Waals surface area (Å²) < 4.78 is 15.7. The quantitative estimate of drug-likeness (QED) is 0.455. The second-order valence-corrected chi connectivity index (χ2v) is 5.20. The van der Waals surface area contributed by atoms with Gasteiger partial charge in [0.2, 0.25) is 0 Å². The summed E-state index contributed by atoms with van der Waals surface area (Å²) in [5.41, 5.74) is -0.707. The smallest absolute Gasteiger partial charge is 0.344 e. The second kappa shape index (κ2) is 6.92. The van der Waals surface area contributed by atoms with E-state index in [0.717, 1.165) is 0 Å². The number of hydrogen-bond acceptors (Lipinski definition) is 6. The molecular weight excluding hydrogens is 278 g/mol. The van der Waals surface area contributed by atoms with Gasteiger partial charge < -0.3 is 14.2 Å². The van der Waals surface area contributed by atoms with Gasteiger partial charge in [0.1, 0.15) is 5.60 Å². The van der Waals surface area contributed by atoms with Crippen molar-refractivity contribution in [1.29, 1.82) is 0 Å². The number of carbonyl (C=O) groups is 1. The number of esters is 1. The fourth-order valence-electron chi connectivity index (χ4n) is 1.51. The summed E-state index contributed by atoms with van der Waals surface area (Å²) in [5, 5.41) is 10.7. The average molecular weight is 297 g/mol. The zero-order valence-electron chi connectivity index (χ0n) is 12.5. The molecule has 0 aliphatic heterocycles. The molecule has 21 heavy (non-hydrogen) atoms. The molecule has 0 unspecified atom stereocenters. The highest BCUT2D eigenvalue weighted by Gasteiger charge is 2.18. The number of rotatable bonds is 6. The van der Waals surface area contributed by atoms with E-state index < -0.39 is 16.5 Å². The summed E-state index contributed by atoms with van der Waals surface area (Å²) in [6.07, 6.45) is 0. The van der Waals surface area contributed by atoms with Crippen molar-refractivity contribution in [2.24, 2.45) is 0 Å². The normalized spacial score (nSPS) is 10.9. The Balaban J connectivity index is 2.78. The summed E-state index contributed by atoms with van der Waals surface area (Å²) in [7, 11) is 0. The zero-order chi connectivity index (χ0) is 16.0. The highest BCUT2D eigenvalue weighted by Crippen LogP contribution is 2.31. The monoisotopic (exact) mass is 297 g/mol. The van der Waals surface area contributed by atoms with Gasteiger partial charge in [0.05, 0.1) is 17.6 Å². The van der Waals surface area contributed by atoms with E-state index in [1.807, 2.05) is 0 Å². The number of nitrogens with zero attached hydrogens (tertiary/aromatic N) is 1. The predicted octanol–water partition coefficient (Wildman–Crippen LogP) is 2.71. The van der Waals surface area contributed by atoms with Crippen molar-refractivity contribution in [3.63, 3.8) is 0 Å². The summed E-state index contributed by atoms with van der Waals surface area (Å²) >= 11 is 0. The van der Waals surface area contributed by atoms with Crippen molar-refractivity contribution in [2.45, 2.75) is 33.3 Å². The summed E-state index contributed by atoms with van der Waals surface area (Å²) in [6, 6.07) is 3.94. The minimum absolute atomic E-state index is 0.108. The number of benzene rings is 1. The van der Waals surface area contributed by atoms with E-state index >= 15 is 0 Å². The van der Waals surface area contributed by atoms with Crippen LogP contribution in [0.25, 0.3) is 0 Å². The van der Waals surface area contributed by atoms with Crippen LogP contribution in [0.3, 0.4) is 0 Å². The van der Waals surface area contributed by atoms with Gasteiger partial charge in [-0.1, -0.05) is 0 Å². The molecule has 0 aromatic heterocycles. The van der Waals surface area contributed by atoms with Crippen LogP contribution in [0.2, 0.25) is 0 Å². The lowest BCUT2D eigenvalue weighted by Crippen LogP contribution is -2.27. The van der Waals surface area contributed by atoms with Gasteiger partial charge in [0.15, 0.2) is 18.1 Å². The molecular formula is C14H19NO6. The molecule has 0 fully saturated rings. The molecule has 0 saturated heterocycles. The van der Waals surface area contributed by atoms with Gasteiger partial charge in [-0.3, -0.25) is 10.1 Å². The molecule has 0 heterocycles. The third-order valence-electron chi connectivity index (χ3n) is 2.20. The Morgan fingerprint density at radius 2 is 1.90 bits per heavy atom. The Hall–Kier alpha value is -2.31. The van der Waals surface area contributed by atoms with Crippen LogP contribution in [0.15, 0.2) is 18.2 Å². The van der Waals surface area contributed by atoms with Gasteiger partial charge in [-0.2, -0.15) is 0 Å². The van der Waals surface area contributed by atoms with Crippen LogP contribution in [0.4, 0.5) is 5.69 Å². The van der Waals surface area contributed by atoms with Crippen LogP contribution in [-0.2, 0) is 9.53 Å². The lowest BCUT2D eigenvalue weighted by atomic mass is 10.2. The largest absolute Gasteiger partial charge is 0.490 e. The molecule has 0 N–H and O–H groups in total. The Labute approximate surface area is 123 Å². The van der Waals surface area contributed by atoms with Gasteiger partial charge in [0.25, 0.3) is 5.69 Å². The fourth-order valence-corrected chi connectivity index (χ4v) is 1.51. The first-order chi connectivity index (χ1) is 9.73. The number of hydrogen-bond donors (Lipinski definition) is 0. The summed E-state index contributed by atoms with van der Waals surface area (Å²) in [5.74, 6) is -0.0492. The van der Waals surface area contributed by atoms with Crippen LogP contribution >= 0.6 is 0 Å². The first-order valence-electron chi connectivity index (χ1n) is 6.49. The minimum atomic E-state index is -0.599. The van der Waals surface area contributed by atoms with Gasteiger partial charge in [0, 0.05) is 6.07 Å². The molecule has 0 aliphatic carbocycles. The predicted molar refractivity (Wildman–Crippen MR) is 75.6 cm³/mol. The fraction of sp³-hybridized carbons (Fsp3) is 0.500. The van der Waals surface area contributed by atoms with E-state index in [4.69, 9.17) is 14.2 Å². The maximum Gasteiger partial charge on any atom is 0.344 e. The highest BCUT2D eigenvalue weighted by molar-refractivity contribution is 5.71. The van der Waals surface area contributed by atoms with Crippen molar-refractivity contribution in [3.05, 3.63) is 28.3 Å². The maximum atomic E-state index is 11.6. The van der Waals surface area contributed by atoms with Crippen LogP contribution in [0.5, 0.6) is 11.5 Å². The van der Waals surface area contributed by atoms with E-state index in [1.54, 1.807) is 27.7 Å². The second-order valence-electron chi connectivity index (χ2n) is 5.20. The molecule has 0 aliphatic rings. The van der Waals surface area contributed by atoms with Crippen LogP contribution in [-0.4, -0.2) is 29.7 Å². The molecule has 116 valence electrons. The minimum Gasteiger partial charge on any atom is -0.490 e. The zero-order valence-corrected chi connectivity index (χ0v) is 12.5. The molecule has 1 aromatic carbocycles. The summed E-state index contributed by atoms with van der Waals surface area (Å²) in [4.78, 5) is 21.8. The Bertz CT molecular complexity index is 521.